The lowest BCUT2D eigenvalue weighted by atomic mass is 10.1. The Morgan fingerprint density at radius 3 is 2.13 bits per heavy atom. The minimum Gasteiger partial charge on any atom is -0.337 e. The summed E-state index contributed by atoms with van der Waals surface area (Å²) in [6.07, 6.45) is 1.11. The summed E-state index contributed by atoms with van der Waals surface area (Å²) in [6.45, 7) is 0.455. The molecule has 0 aliphatic rings. The first-order valence-corrected chi connectivity index (χ1v) is 8.98. The minimum absolute atomic E-state index is 0.222. The molecule has 0 heterocycles. The number of nitrogens with zero attached hydrogens (tertiary/aromatic N) is 2. The molecule has 0 aromatic heterocycles. The summed E-state index contributed by atoms with van der Waals surface area (Å²) in [6, 6.07) is 16.3. The molecule has 0 atom stereocenters. The number of para-hydroxylation sites is 1. The highest BCUT2D eigenvalue weighted by Gasteiger charge is 2.21. The van der Waals surface area contributed by atoms with E-state index in [1.54, 1.807) is 36.2 Å². The average molecular weight is 332 g/mol. The van der Waals surface area contributed by atoms with E-state index in [0.29, 0.717) is 17.8 Å². The Kier molecular flexibility index (Phi) is 5.05. The van der Waals surface area contributed by atoms with Crippen molar-refractivity contribution in [3.63, 3.8) is 0 Å². The largest absolute Gasteiger partial charge is 0.337 e. The van der Waals surface area contributed by atoms with Crippen LogP contribution in [0.2, 0.25) is 0 Å². The van der Waals surface area contributed by atoms with E-state index in [4.69, 9.17) is 0 Å². The van der Waals surface area contributed by atoms with Crippen molar-refractivity contribution in [1.82, 2.24) is 4.90 Å². The Bertz CT molecular complexity index is 788. The lowest BCUT2D eigenvalue weighted by Gasteiger charge is -2.23. The number of carbonyl (C=O) groups is 1. The molecule has 2 aromatic rings. The van der Waals surface area contributed by atoms with Gasteiger partial charge in [0.1, 0.15) is 0 Å². The molecule has 122 valence electrons. The Labute approximate surface area is 137 Å². The summed E-state index contributed by atoms with van der Waals surface area (Å²) in [5.41, 5.74) is 1.75. The highest BCUT2D eigenvalue weighted by molar-refractivity contribution is 7.92. The highest BCUT2D eigenvalue weighted by Crippen LogP contribution is 2.23. The van der Waals surface area contributed by atoms with Gasteiger partial charge in [-0.2, -0.15) is 0 Å². The molecule has 0 fully saturated rings. The van der Waals surface area contributed by atoms with E-state index in [1.165, 1.54) is 7.05 Å². The standard InChI is InChI=1S/C17H20N2O3S/c1-18(13-14-9-5-4-6-10-14)17(20)15-11-7-8-12-16(15)19(2)23(3,21)22/h4-12H,13H2,1-3H3. The molecule has 0 radical (unpaired) electrons. The number of rotatable bonds is 5. The number of carbonyl (C=O) groups excluding carboxylic acids is 1. The third-order valence-electron chi connectivity index (χ3n) is 3.58. The van der Waals surface area contributed by atoms with Gasteiger partial charge in [0.15, 0.2) is 0 Å². The second-order valence-electron chi connectivity index (χ2n) is 5.39. The van der Waals surface area contributed by atoms with Gasteiger partial charge in [-0.3, -0.25) is 9.10 Å². The van der Waals surface area contributed by atoms with Gasteiger partial charge < -0.3 is 4.90 Å². The maximum absolute atomic E-state index is 12.7. The lowest BCUT2D eigenvalue weighted by Crippen LogP contribution is -2.31. The second kappa shape index (κ2) is 6.83. The molecule has 2 aromatic carbocycles. The lowest BCUT2D eigenvalue weighted by molar-refractivity contribution is 0.0786. The summed E-state index contributed by atoms with van der Waals surface area (Å²) in [4.78, 5) is 14.3. The van der Waals surface area contributed by atoms with Crippen LogP contribution in [0.5, 0.6) is 0 Å². The van der Waals surface area contributed by atoms with Gasteiger partial charge >= 0.3 is 0 Å². The Balaban J connectivity index is 2.29. The topological polar surface area (TPSA) is 57.7 Å². The first-order valence-electron chi connectivity index (χ1n) is 7.13. The van der Waals surface area contributed by atoms with Crippen LogP contribution in [0.25, 0.3) is 0 Å². The van der Waals surface area contributed by atoms with Crippen LogP contribution in [0.1, 0.15) is 15.9 Å². The number of benzene rings is 2. The number of hydrogen-bond donors (Lipinski definition) is 0. The number of sulfonamides is 1. The maximum Gasteiger partial charge on any atom is 0.256 e. The monoisotopic (exact) mass is 332 g/mol. The number of anilines is 1. The summed E-state index contributed by atoms with van der Waals surface area (Å²) < 4.78 is 24.7. The fourth-order valence-electron chi connectivity index (χ4n) is 2.24. The van der Waals surface area contributed by atoms with Crippen LogP contribution in [0.4, 0.5) is 5.69 Å². The molecule has 0 N–H and O–H groups in total. The quantitative estimate of drug-likeness (QED) is 0.844. The van der Waals surface area contributed by atoms with Crippen molar-refractivity contribution in [2.24, 2.45) is 0 Å². The fraction of sp³-hybridized carbons (Fsp3) is 0.235. The zero-order valence-electron chi connectivity index (χ0n) is 13.4. The van der Waals surface area contributed by atoms with E-state index in [-0.39, 0.29) is 5.91 Å². The molecular weight excluding hydrogens is 312 g/mol. The SMILES string of the molecule is CN(Cc1ccccc1)C(=O)c1ccccc1N(C)S(C)(=O)=O. The second-order valence-corrected chi connectivity index (χ2v) is 7.41. The van der Waals surface area contributed by atoms with Gasteiger partial charge in [-0.15, -0.1) is 0 Å². The van der Waals surface area contributed by atoms with E-state index in [0.717, 1.165) is 16.1 Å². The molecule has 0 saturated heterocycles. The third-order valence-corrected chi connectivity index (χ3v) is 4.77. The third kappa shape index (κ3) is 4.10. The van der Waals surface area contributed by atoms with Crippen molar-refractivity contribution in [2.45, 2.75) is 6.54 Å². The van der Waals surface area contributed by atoms with Crippen molar-refractivity contribution < 1.29 is 13.2 Å². The van der Waals surface area contributed by atoms with Crippen LogP contribution in [-0.2, 0) is 16.6 Å². The van der Waals surface area contributed by atoms with Crippen molar-refractivity contribution in [3.8, 4) is 0 Å². The van der Waals surface area contributed by atoms with Crippen molar-refractivity contribution in [3.05, 3.63) is 65.7 Å². The number of hydrogen-bond acceptors (Lipinski definition) is 3. The van der Waals surface area contributed by atoms with Gasteiger partial charge in [-0.05, 0) is 17.7 Å². The van der Waals surface area contributed by atoms with Gasteiger partial charge in [0.05, 0.1) is 17.5 Å². The number of amides is 1. The Morgan fingerprint density at radius 2 is 1.52 bits per heavy atom. The van der Waals surface area contributed by atoms with Gasteiger partial charge in [0, 0.05) is 20.6 Å². The predicted molar refractivity (Wildman–Crippen MR) is 91.9 cm³/mol. The van der Waals surface area contributed by atoms with Crippen molar-refractivity contribution in [1.29, 1.82) is 0 Å². The molecule has 0 bridgehead atoms. The van der Waals surface area contributed by atoms with Gasteiger partial charge in [-0.25, -0.2) is 8.42 Å². The molecule has 2 rings (SSSR count). The zero-order chi connectivity index (χ0) is 17.0. The van der Waals surface area contributed by atoms with E-state index < -0.39 is 10.0 Å². The molecular formula is C17H20N2O3S. The van der Waals surface area contributed by atoms with Crippen LogP contribution in [0.15, 0.2) is 54.6 Å². The molecule has 1 amide bonds. The van der Waals surface area contributed by atoms with Crippen LogP contribution >= 0.6 is 0 Å². The minimum atomic E-state index is -3.43. The van der Waals surface area contributed by atoms with Crippen molar-refractivity contribution in [2.75, 3.05) is 24.7 Å². The Hall–Kier alpha value is -2.34. The fourth-order valence-corrected chi connectivity index (χ4v) is 2.76. The average Bonchev–Trinajstić information content (AvgIpc) is 2.53. The first kappa shape index (κ1) is 17.0. The van der Waals surface area contributed by atoms with Gasteiger partial charge in [0.2, 0.25) is 10.0 Å². The molecule has 0 spiro atoms. The van der Waals surface area contributed by atoms with Gasteiger partial charge in [0.25, 0.3) is 5.91 Å². The molecule has 5 nitrogen and oxygen atoms in total. The maximum atomic E-state index is 12.7. The van der Waals surface area contributed by atoms with Crippen LogP contribution in [0.3, 0.4) is 0 Å². The summed E-state index contributed by atoms with van der Waals surface area (Å²) in [5, 5.41) is 0. The van der Waals surface area contributed by atoms with E-state index >= 15 is 0 Å². The molecule has 0 aliphatic heterocycles. The van der Waals surface area contributed by atoms with Crippen LogP contribution in [0, 0.1) is 0 Å². The van der Waals surface area contributed by atoms with Crippen LogP contribution in [-0.4, -0.2) is 39.6 Å². The van der Waals surface area contributed by atoms with E-state index in [9.17, 15) is 13.2 Å². The molecule has 6 heteroatoms. The predicted octanol–water partition coefficient (Wildman–Crippen LogP) is 2.35. The highest BCUT2D eigenvalue weighted by atomic mass is 32.2. The smallest absolute Gasteiger partial charge is 0.256 e. The molecule has 23 heavy (non-hydrogen) atoms. The van der Waals surface area contributed by atoms with E-state index in [2.05, 4.69) is 0 Å². The summed E-state index contributed by atoms with van der Waals surface area (Å²) >= 11 is 0. The Morgan fingerprint density at radius 1 is 0.957 bits per heavy atom. The summed E-state index contributed by atoms with van der Waals surface area (Å²) in [5.74, 6) is -0.222. The van der Waals surface area contributed by atoms with E-state index in [1.807, 2.05) is 30.3 Å². The summed E-state index contributed by atoms with van der Waals surface area (Å²) in [7, 11) is -0.290. The van der Waals surface area contributed by atoms with Crippen molar-refractivity contribution >= 4 is 21.6 Å². The molecule has 0 unspecified atom stereocenters. The molecule has 0 saturated carbocycles. The van der Waals surface area contributed by atoms with Crippen LogP contribution < -0.4 is 4.31 Å². The molecule has 0 aliphatic carbocycles. The first-order chi connectivity index (χ1) is 10.8. The zero-order valence-corrected chi connectivity index (χ0v) is 14.2. The van der Waals surface area contributed by atoms with Gasteiger partial charge in [-0.1, -0.05) is 42.5 Å². The normalized spacial score (nSPS) is 11.1.